The number of benzene rings is 2. The molecule has 0 atom stereocenters. The summed E-state index contributed by atoms with van der Waals surface area (Å²) in [6.45, 7) is 0.853. The Hall–Kier alpha value is -3.61. The number of carbonyl (C=O) groups excluding carboxylic acids is 2. The minimum atomic E-state index is -0.856. The van der Waals surface area contributed by atoms with Gasteiger partial charge in [-0.1, -0.05) is 61.4 Å². The molecule has 0 bridgehead atoms. The summed E-state index contributed by atoms with van der Waals surface area (Å²) < 4.78 is 1.80. The molecule has 1 fully saturated rings. The normalized spacial score (nSPS) is 14.7. The van der Waals surface area contributed by atoms with E-state index in [-0.39, 0.29) is 11.9 Å². The monoisotopic (exact) mass is 431 g/mol. The molecule has 1 aromatic heterocycles. The van der Waals surface area contributed by atoms with E-state index in [1.807, 2.05) is 66.9 Å². The van der Waals surface area contributed by atoms with E-state index >= 15 is 0 Å². The van der Waals surface area contributed by atoms with Crippen LogP contribution in [0.4, 0.5) is 4.79 Å². The van der Waals surface area contributed by atoms with Crippen molar-refractivity contribution in [1.29, 1.82) is 0 Å². The molecule has 1 aliphatic carbocycles. The first kappa shape index (κ1) is 21.6. The van der Waals surface area contributed by atoms with Gasteiger partial charge >= 0.3 is 6.03 Å². The molecule has 4 rings (SSSR count). The number of hydrogen-bond donors (Lipinski definition) is 2. The first-order valence-electron chi connectivity index (χ1n) is 11.0. The zero-order chi connectivity index (χ0) is 22.4. The van der Waals surface area contributed by atoms with Gasteiger partial charge in [0, 0.05) is 31.9 Å². The van der Waals surface area contributed by atoms with Crippen molar-refractivity contribution in [1.82, 2.24) is 25.3 Å². The molecule has 166 valence electrons. The van der Waals surface area contributed by atoms with E-state index in [0.29, 0.717) is 25.9 Å². The van der Waals surface area contributed by atoms with Crippen LogP contribution in [0.15, 0.2) is 73.1 Å². The highest BCUT2D eigenvalue weighted by atomic mass is 16.2. The Morgan fingerprint density at radius 3 is 2.34 bits per heavy atom. The van der Waals surface area contributed by atoms with Crippen LogP contribution in [0, 0.1) is 0 Å². The highest BCUT2D eigenvalue weighted by molar-refractivity contribution is 5.91. The lowest BCUT2D eigenvalue weighted by atomic mass is 9.95. The second kappa shape index (κ2) is 9.68. The maximum absolute atomic E-state index is 13.4. The van der Waals surface area contributed by atoms with Crippen LogP contribution in [0.3, 0.4) is 0 Å². The fourth-order valence-corrected chi connectivity index (χ4v) is 4.29. The summed E-state index contributed by atoms with van der Waals surface area (Å²) in [6, 6.07) is 19.3. The minimum Gasteiger partial charge on any atom is -0.339 e. The van der Waals surface area contributed by atoms with Gasteiger partial charge < -0.3 is 15.5 Å². The molecule has 1 heterocycles. The summed E-state index contributed by atoms with van der Waals surface area (Å²) in [4.78, 5) is 27.7. The Morgan fingerprint density at radius 1 is 1.00 bits per heavy atom. The lowest BCUT2D eigenvalue weighted by Crippen LogP contribution is -2.59. The van der Waals surface area contributed by atoms with Crippen LogP contribution in [-0.4, -0.2) is 39.2 Å². The van der Waals surface area contributed by atoms with Gasteiger partial charge in [-0.3, -0.25) is 4.79 Å². The number of hydrogen-bond acceptors (Lipinski definition) is 3. The number of likely N-dealkylation sites (N-methyl/N-ethyl adjacent to an activating group) is 1. The summed E-state index contributed by atoms with van der Waals surface area (Å²) in [5.41, 5.74) is 2.07. The zero-order valence-electron chi connectivity index (χ0n) is 18.3. The van der Waals surface area contributed by atoms with Crippen LogP contribution in [0.1, 0.15) is 36.8 Å². The quantitative estimate of drug-likeness (QED) is 0.599. The highest BCUT2D eigenvalue weighted by Crippen LogP contribution is 2.31. The Kier molecular flexibility index (Phi) is 6.54. The SMILES string of the molecule is CN(Cc1cnn(-c2ccccc2)c1)C(=O)C1(NC(=O)NCc2ccccc2)CCCC1. The van der Waals surface area contributed by atoms with Crippen molar-refractivity contribution in [3.63, 3.8) is 0 Å². The zero-order valence-corrected chi connectivity index (χ0v) is 18.3. The molecule has 2 N–H and O–H groups in total. The Bertz CT molecular complexity index is 1040. The third-order valence-corrected chi connectivity index (χ3v) is 5.94. The van der Waals surface area contributed by atoms with Crippen molar-refractivity contribution in [3.8, 4) is 5.69 Å². The molecule has 0 saturated heterocycles. The van der Waals surface area contributed by atoms with Crippen molar-refractivity contribution in [2.75, 3.05) is 7.05 Å². The highest BCUT2D eigenvalue weighted by Gasteiger charge is 2.44. The third-order valence-electron chi connectivity index (χ3n) is 5.94. The lowest BCUT2D eigenvalue weighted by molar-refractivity contribution is -0.137. The molecular weight excluding hydrogens is 402 g/mol. The number of carbonyl (C=O) groups is 2. The van der Waals surface area contributed by atoms with Crippen LogP contribution < -0.4 is 10.6 Å². The minimum absolute atomic E-state index is 0.0580. The second-order valence-corrected chi connectivity index (χ2v) is 8.37. The van der Waals surface area contributed by atoms with Crippen molar-refractivity contribution >= 4 is 11.9 Å². The summed E-state index contributed by atoms with van der Waals surface area (Å²) in [6.07, 6.45) is 6.85. The summed E-state index contributed by atoms with van der Waals surface area (Å²) in [7, 11) is 1.78. The van der Waals surface area contributed by atoms with Gasteiger partial charge in [0.2, 0.25) is 5.91 Å². The average Bonchev–Trinajstić information content (AvgIpc) is 3.49. The fraction of sp³-hybridized carbons (Fsp3) is 0.320. The maximum Gasteiger partial charge on any atom is 0.315 e. The second-order valence-electron chi connectivity index (χ2n) is 8.37. The van der Waals surface area contributed by atoms with Crippen molar-refractivity contribution < 1.29 is 9.59 Å². The van der Waals surface area contributed by atoms with Gasteiger partial charge in [0.15, 0.2) is 0 Å². The van der Waals surface area contributed by atoms with Crippen LogP contribution in [0.25, 0.3) is 5.69 Å². The van der Waals surface area contributed by atoms with Crippen molar-refractivity contribution in [2.45, 2.75) is 44.3 Å². The molecule has 0 aliphatic heterocycles. The number of nitrogens with zero attached hydrogens (tertiary/aromatic N) is 3. The van der Waals surface area contributed by atoms with E-state index in [2.05, 4.69) is 15.7 Å². The van der Waals surface area contributed by atoms with E-state index in [4.69, 9.17) is 0 Å². The largest absolute Gasteiger partial charge is 0.339 e. The molecule has 2 aromatic carbocycles. The molecule has 7 nitrogen and oxygen atoms in total. The molecule has 1 aliphatic rings. The van der Waals surface area contributed by atoms with Crippen LogP contribution in [0.5, 0.6) is 0 Å². The molecule has 3 aromatic rings. The maximum atomic E-state index is 13.4. The number of amides is 3. The first-order valence-corrected chi connectivity index (χ1v) is 11.0. The summed E-state index contributed by atoms with van der Waals surface area (Å²) >= 11 is 0. The topological polar surface area (TPSA) is 79.3 Å². The van der Waals surface area contributed by atoms with Gasteiger partial charge in [0.25, 0.3) is 0 Å². The number of nitrogens with one attached hydrogen (secondary N) is 2. The van der Waals surface area contributed by atoms with E-state index in [1.165, 1.54) is 0 Å². The predicted molar refractivity (Wildman–Crippen MR) is 123 cm³/mol. The molecule has 3 amide bonds. The number of rotatable bonds is 7. The van der Waals surface area contributed by atoms with E-state index in [1.54, 1.807) is 22.8 Å². The number of para-hydroxylation sites is 1. The number of aromatic nitrogens is 2. The first-order chi connectivity index (χ1) is 15.6. The summed E-state index contributed by atoms with van der Waals surface area (Å²) in [5.74, 6) is -0.0580. The lowest BCUT2D eigenvalue weighted by Gasteiger charge is -2.33. The molecular formula is C25H29N5O2. The fourth-order valence-electron chi connectivity index (χ4n) is 4.29. The van der Waals surface area contributed by atoms with E-state index in [9.17, 15) is 9.59 Å². The van der Waals surface area contributed by atoms with Gasteiger partial charge in [-0.05, 0) is 30.5 Å². The van der Waals surface area contributed by atoms with E-state index < -0.39 is 5.54 Å². The predicted octanol–water partition coefficient (Wildman–Crippen LogP) is 3.64. The molecule has 1 saturated carbocycles. The molecule has 0 unspecified atom stereocenters. The smallest absolute Gasteiger partial charge is 0.315 e. The van der Waals surface area contributed by atoms with Crippen LogP contribution >= 0.6 is 0 Å². The Morgan fingerprint density at radius 2 is 1.66 bits per heavy atom. The van der Waals surface area contributed by atoms with Gasteiger partial charge in [0.05, 0.1) is 11.9 Å². The van der Waals surface area contributed by atoms with E-state index in [0.717, 1.165) is 29.7 Å². The van der Waals surface area contributed by atoms with Gasteiger partial charge in [-0.25, -0.2) is 9.48 Å². The average molecular weight is 432 g/mol. The molecule has 0 radical (unpaired) electrons. The van der Waals surface area contributed by atoms with Crippen molar-refractivity contribution in [3.05, 3.63) is 84.2 Å². The third kappa shape index (κ3) is 4.99. The van der Waals surface area contributed by atoms with Gasteiger partial charge in [0.1, 0.15) is 5.54 Å². The van der Waals surface area contributed by atoms with Gasteiger partial charge in [-0.2, -0.15) is 5.10 Å². The Labute approximate surface area is 188 Å². The molecule has 7 heteroatoms. The molecule has 0 spiro atoms. The standard InChI is InChI=1S/C25H29N5O2/c1-29(18-21-17-27-30(19-21)22-12-6-3-7-13-22)23(31)25(14-8-9-15-25)28-24(32)26-16-20-10-4-2-5-11-20/h2-7,10-13,17,19H,8-9,14-16,18H2,1H3,(H2,26,28,32). The summed E-state index contributed by atoms with van der Waals surface area (Å²) in [5, 5.41) is 10.3. The van der Waals surface area contributed by atoms with Crippen LogP contribution in [-0.2, 0) is 17.9 Å². The number of urea groups is 1. The van der Waals surface area contributed by atoms with Crippen LogP contribution in [0.2, 0.25) is 0 Å². The van der Waals surface area contributed by atoms with Gasteiger partial charge in [-0.15, -0.1) is 0 Å². The Balaban J connectivity index is 1.39. The van der Waals surface area contributed by atoms with Crippen molar-refractivity contribution in [2.24, 2.45) is 0 Å². The molecule has 32 heavy (non-hydrogen) atoms.